The van der Waals surface area contributed by atoms with Gasteiger partial charge in [-0.15, -0.1) is 0 Å². The van der Waals surface area contributed by atoms with Crippen LogP contribution in [0.3, 0.4) is 0 Å². The van der Waals surface area contributed by atoms with E-state index < -0.39 is 16.6 Å². The van der Waals surface area contributed by atoms with E-state index in [9.17, 15) is 13.2 Å². The Morgan fingerprint density at radius 2 is 1.88 bits per heavy atom. The summed E-state index contributed by atoms with van der Waals surface area (Å²) in [6.07, 6.45) is -1.18. The number of rotatable bonds is 3. The largest absolute Gasteiger partial charge is 0.406 e. The minimum absolute atomic E-state index is 0.0216. The monoisotopic (exact) mass is 256 g/mol. The summed E-state index contributed by atoms with van der Waals surface area (Å²) in [4.78, 5) is 0.974. The molecule has 1 heterocycles. The van der Waals surface area contributed by atoms with Crippen molar-refractivity contribution >= 4 is 16.9 Å². The van der Waals surface area contributed by atoms with Crippen LogP contribution in [0, 0.1) is 5.41 Å². The maximum absolute atomic E-state index is 12.6. The Kier molecular flexibility index (Phi) is 4.91. The van der Waals surface area contributed by atoms with Crippen molar-refractivity contribution < 1.29 is 18.1 Å². The van der Waals surface area contributed by atoms with Crippen LogP contribution >= 0.6 is 11.8 Å². The number of thioether (sulfide) groups is 1. The Balaban J connectivity index is 2.51. The molecule has 1 aliphatic heterocycles. The molecule has 7 heteroatoms. The van der Waals surface area contributed by atoms with Crippen LogP contribution in [0.4, 0.5) is 13.2 Å². The fourth-order valence-corrected chi connectivity index (χ4v) is 2.65. The number of halogens is 3. The van der Waals surface area contributed by atoms with Crippen LogP contribution in [-0.4, -0.2) is 36.2 Å². The van der Waals surface area contributed by atoms with Crippen LogP contribution in [0.15, 0.2) is 0 Å². The molecule has 1 aliphatic rings. The lowest BCUT2D eigenvalue weighted by atomic mass is 10.1. The standard InChI is InChI=1S/C9H16F3N3S/c10-9(11,12)7(16-8(13)14)6-15-4-2-1-3-5-15/h7H,1-6H2,(H3,13,14)/p+1/t7-/m0/s1. The quantitative estimate of drug-likeness (QED) is 0.512. The first-order valence-corrected chi connectivity index (χ1v) is 6.18. The second kappa shape index (κ2) is 5.77. The van der Waals surface area contributed by atoms with Crippen molar-refractivity contribution in [3.05, 3.63) is 0 Å². The Morgan fingerprint density at radius 1 is 1.31 bits per heavy atom. The zero-order chi connectivity index (χ0) is 12.2. The molecule has 0 amide bonds. The van der Waals surface area contributed by atoms with Gasteiger partial charge in [0.1, 0.15) is 0 Å². The van der Waals surface area contributed by atoms with Crippen molar-refractivity contribution in [2.45, 2.75) is 30.7 Å². The molecule has 4 N–H and O–H groups in total. The molecule has 0 aromatic rings. The van der Waals surface area contributed by atoms with Crippen LogP contribution in [-0.2, 0) is 0 Å². The van der Waals surface area contributed by atoms with Gasteiger partial charge in [0.05, 0.1) is 19.6 Å². The lowest BCUT2D eigenvalue weighted by molar-refractivity contribution is -0.905. The van der Waals surface area contributed by atoms with E-state index in [1.807, 2.05) is 0 Å². The van der Waals surface area contributed by atoms with Gasteiger partial charge in [-0.05, 0) is 19.3 Å². The van der Waals surface area contributed by atoms with Gasteiger partial charge in [0.15, 0.2) is 10.4 Å². The van der Waals surface area contributed by atoms with Gasteiger partial charge in [-0.25, -0.2) is 0 Å². The number of nitrogens with two attached hydrogens (primary N) is 1. The van der Waals surface area contributed by atoms with Crippen LogP contribution in [0.5, 0.6) is 0 Å². The van der Waals surface area contributed by atoms with Gasteiger partial charge in [0, 0.05) is 0 Å². The smallest absolute Gasteiger partial charge is 0.379 e. The van der Waals surface area contributed by atoms with Crippen molar-refractivity contribution in [1.29, 1.82) is 5.41 Å². The fourth-order valence-electron chi connectivity index (χ4n) is 1.90. The van der Waals surface area contributed by atoms with E-state index in [1.54, 1.807) is 0 Å². The molecular formula is C9H17F3N3S+. The molecule has 0 saturated carbocycles. The number of alkyl halides is 3. The lowest BCUT2D eigenvalue weighted by Gasteiger charge is -2.28. The molecule has 1 saturated heterocycles. The molecule has 0 unspecified atom stereocenters. The molecule has 0 spiro atoms. The first-order chi connectivity index (χ1) is 7.39. The fraction of sp³-hybridized carbons (Fsp3) is 0.889. The van der Waals surface area contributed by atoms with Crippen molar-refractivity contribution in [3.63, 3.8) is 0 Å². The van der Waals surface area contributed by atoms with Gasteiger partial charge < -0.3 is 10.6 Å². The van der Waals surface area contributed by atoms with Gasteiger partial charge in [-0.1, -0.05) is 11.8 Å². The van der Waals surface area contributed by atoms with E-state index in [4.69, 9.17) is 11.1 Å². The third-order valence-electron chi connectivity index (χ3n) is 2.67. The molecule has 1 atom stereocenters. The van der Waals surface area contributed by atoms with Gasteiger partial charge in [0.25, 0.3) is 0 Å². The van der Waals surface area contributed by atoms with Crippen LogP contribution < -0.4 is 10.6 Å². The van der Waals surface area contributed by atoms with E-state index in [-0.39, 0.29) is 6.54 Å². The number of amidine groups is 1. The minimum atomic E-state index is -4.28. The SMILES string of the molecule is N=C(N)S[C@@H](C[NH+]1CCCCC1)C(F)(F)F. The maximum Gasteiger partial charge on any atom is 0.406 e. The van der Waals surface area contributed by atoms with E-state index in [2.05, 4.69) is 0 Å². The molecule has 16 heavy (non-hydrogen) atoms. The zero-order valence-corrected chi connectivity index (χ0v) is 9.76. The van der Waals surface area contributed by atoms with Gasteiger partial charge in [-0.2, -0.15) is 13.2 Å². The maximum atomic E-state index is 12.6. The van der Waals surface area contributed by atoms with Crippen molar-refractivity contribution in [1.82, 2.24) is 0 Å². The van der Waals surface area contributed by atoms with Crippen molar-refractivity contribution in [3.8, 4) is 0 Å². The topological polar surface area (TPSA) is 54.3 Å². The third-order valence-corrected chi connectivity index (χ3v) is 3.64. The number of nitrogens with one attached hydrogen (secondary N) is 2. The van der Waals surface area contributed by atoms with Crippen LogP contribution in [0.25, 0.3) is 0 Å². The van der Waals surface area contributed by atoms with Gasteiger partial charge >= 0.3 is 6.18 Å². The van der Waals surface area contributed by atoms with Crippen molar-refractivity contribution in [2.24, 2.45) is 5.73 Å². The summed E-state index contributed by atoms with van der Waals surface area (Å²) < 4.78 is 37.9. The lowest BCUT2D eigenvalue weighted by Crippen LogP contribution is -3.14. The molecular weight excluding hydrogens is 239 g/mol. The predicted molar refractivity (Wildman–Crippen MR) is 58.8 cm³/mol. The van der Waals surface area contributed by atoms with Crippen LogP contribution in [0.1, 0.15) is 19.3 Å². The van der Waals surface area contributed by atoms with E-state index in [1.165, 1.54) is 0 Å². The summed E-state index contributed by atoms with van der Waals surface area (Å²) in [5, 5.41) is 4.95. The normalized spacial score (nSPS) is 20.7. The molecule has 1 rings (SSSR count). The molecule has 0 aromatic heterocycles. The Labute approximate surface area is 97.1 Å². The highest BCUT2D eigenvalue weighted by Crippen LogP contribution is 2.29. The van der Waals surface area contributed by atoms with E-state index in [0.717, 1.165) is 37.3 Å². The number of hydrogen-bond acceptors (Lipinski definition) is 2. The highest BCUT2D eigenvalue weighted by molar-refractivity contribution is 8.14. The second-order valence-electron chi connectivity index (χ2n) is 4.03. The zero-order valence-electron chi connectivity index (χ0n) is 8.94. The average Bonchev–Trinajstić information content (AvgIpc) is 2.16. The summed E-state index contributed by atoms with van der Waals surface area (Å²) >= 11 is 0.415. The van der Waals surface area contributed by atoms with Crippen molar-refractivity contribution in [2.75, 3.05) is 19.6 Å². The summed E-state index contributed by atoms with van der Waals surface area (Å²) in [6.45, 7) is 1.61. The Hall–Kier alpha value is -0.430. The molecule has 3 nitrogen and oxygen atoms in total. The molecule has 0 radical (unpaired) electrons. The molecule has 0 aliphatic carbocycles. The minimum Gasteiger partial charge on any atom is -0.379 e. The number of likely N-dealkylation sites (tertiary alicyclic amines) is 1. The summed E-state index contributed by atoms with van der Waals surface area (Å²) in [6, 6.07) is 0. The molecule has 94 valence electrons. The average molecular weight is 256 g/mol. The molecule has 0 bridgehead atoms. The highest BCUT2D eigenvalue weighted by Gasteiger charge is 2.43. The number of quaternary nitrogens is 1. The molecule has 0 aromatic carbocycles. The van der Waals surface area contributed by atoms with E-state index in [0.29, 0.717) is 11.8 Å². The van der Waals surface area contributed by atoms with Crippen LogP contribution in [0.2, 0.25) is 0 Å². The Bertz CT molecular complexity index is 239. The van der Waals surface area contributed by atoms with E-state index >= 15 is 0 Å². The Morgan fingerprint density at radius 3 is 2.31 bits per heavy atom. The molecule has 1 fully saturated rings. The predicted octanol–water partition coefficient (Wildman–Crippen LogP) is 0.613. The van der Waals surface area contributed by atoms with Gasteiger partial charge in [0.2, 0.25) is 0 Å². The third kappa shape index (κ3) is 4.61. The first-order valence-electron chi connectivity index (χ1n) is 5.30. The number of piperidine rings is 1. The summed E-state index contributed by atoms with van der Waals surface area (Å²) in [5.74, 6) is 0. The van der Waals surface area contributed by atoms with Gasteiger partial charge in [-0.3, -0.25) is 5.41 Å². The summed E-state index contributed by atoms with van der Waals surface area (Å²) in [5.41, 5.74) is 5.03. The summed E-state index contributed by atoms with van der Waals surface area (Å²) in [7, 11) is 0. The second-order valence-corrected chi connectivity index (χ2v) is 5.27. The number of hydrogen-bond donors (Lipinski definition) is 3. The first kappa shape index (κ1) is 13.6. The highest BCUT2D eigenvalue weighted by atomic mass is 32.2.